The maximum atomic E-state index is 12.0. The standard InChI is InChI=1S/C14H10N2O3S/c17-13(15-6-10-7-20-8-16-10)11-5-9-3-1-2-4-12(9)19-14(11)18/h1-5,7-8H,6H2,(H,15,17). The quantitative estimate of drug-likeness (QED) is 0.749. The Kier molecular flexibility index (Phi) is 3.30. The minimum atomic E-state index is -0.639. The van der Waals surface area contributed by atoms with E-state index in [4.69, 9.17) is 4.42 Å². The smallest absolute Gasteiger partial charge is 0.349 e. The van der Waals surface area contributed by atoms with Crippen LogP contribution in [0.25, 0.3) is 11.0 Å². The largest absolute Gasteiger partial charge is 0.422 e. The third kappa shape index (κ3) is 2.46. The zero-order valence-corrected chi connectivity index (χ0v) is 11.1. The van der Waals surface area contributed by atoms with Gasteiger partial charge in [-0.15, -0.1) is 11.3 Å². The minimum Gasteiger partial charge on any atom is -0.422 e. The highest BCUT2D eigenvalue weighted by atomic mass is 32.1. The van der Waals surface area contributed by atoms with Crippen molar-refractivity contribution in [2.75, 3.05) is 0 Å². The molecule has 3 aromatic rings. The maximum Gasteiger partial charge on any atom is 0.349 e. The van der Waals surface area contributed by atoms with Crippen LogP contribution in [0, 0.1) is 0 Å². The lowest BCUT2D eigenvalue weighted by atomic mass is 10.2. The van der Waals surface area contributed by atoms with Gasteiger partial charge in [-0.2, -0.15) is 0 Å². The molecule has 0 saturated carbocycles. The predicted octanol–water partition coefficient (Wildman–Crippen LogP) is 2.18. The number of hydrogen-bond acceptors (Lipinski definition) is 5. The molecule has 2 heterocycles. The van der Waals surface area contributed by atoms with E-state index >= 15 is 0 Å². The Balaban J connectivity index is 1.87. The number of hydrogen-bond donors (Lipinski definition) is 1. The SMILES string of the molecule is O=C(NCc1cscn1)c1cc2ccccc2oc1=O. The average Bonchev–Trinajstić information content (AvgIpc) is 2.97. The van der Waals surface area contributed by atoms with E-state index in [1.54, 1.807) is 23.7 Å². The van der Waals surface area contributed by atoms with Gasteiger partial charge < -0.3 is 9.73 Å². The van der Waals surface area contributed by atoms with Gasteiger partial charge in [0.15, 0.2) is 0 Å². The van der Waals surface area contributed by atoms with Gasteiger partial charge in [-0.25, -0.2) is 9.78 Å². The van der Waals surface area contributed by atoms with Gasteiger partial charge in [0.2, 0.25) is 0 Å². The molecule has 0 unspecified atom stereocenters. The summed E-state index contributed by atoms with van der Waals surface area (Å²) in [6, 6.07) is 8.60. The fourth-order valence-electron chi connectivity index (χ4n) is 1.81. The molecule has 2 aromatic heterocycles. The van der Waals surface area contributed by atoms with E-state index in [2.05, 4.69) is 10.3 Å². The second-order valence-electron chi connectivity index (χ2n) is 4.15. The summed E-state index contributed by atoms with van der Waals surface area (Å²) < 4.78 is 5.12. The highest BCUT2D eigenvalue weighted by Gasteiger charge is 2.13. The van der Waals surface area contributed by atoms with Crippen LogP contribution in [-0.4, -0.2) is 10.9 Å². The summed E-state index contributed by atoms with van der Waals surface area (Å²) in [6.07, 6.45) is 0. The van der Waals surface area contributed by atoms with Crippen molar-refractivity contribution in [1.82, 2.24) is 10.3 Å². The molecule has 20 heavy (non-hydrogen) atoms. The summed E-state index contributed by atoms with van der Waals surface area (Å²) >= 11 is 1.45. The van der Waals surface area contributed by atoms with Crippen molar-refractivity contribution in [3.05, 3.63) is 62.9 Å². The van der Waals surface area contributed by atoms with Crippen molar-refractivity contribution in [1.29, 1.82) is 0 Å². The molecule has 0 aliphatic carbocycles. The molecule has 0 saturated heterocycles. The van der Waals surface area contributed by atoms with Crippen molar-refractivity contribution in [3.63, 3.8) is 0 Å². The summed E-state index contributed by atoms with van der Waals surface area (Å²) in [5, 5.41) is 5.20. The monoisotopic (exact) mass is 286 g/mol. The van der Waals surface area contributed by atoms with Crippen LogP contribution in [0.4, 0.5) is 0 Å². The number of fused-ring (bicyclic) bond motifs is 1. The molecule has 0 bridgehead atoms. The lowest BCUT2D eigenvalue weighted by Gasteiger charge is -2.03. The first kappa shape index (κ1) is 12.6. The summed E-state index contributed by atoms with van der Waals surface area (Å²) in [4.78, 5) is 27.9. The fraction of sp³-hybridized carbons (Fsp3) is 0.0714. The molecule has 0 atom stereocenters. The molecule has 100 valence electrons. The van der Waals surface area contributed by atoms with Crippen molar-refractivity contribution in [2.45, 2.75) is 6.54 Å². The highest BCUT2D eigenvalue weighted by molar-refractivity contribution is 7.07. The van der Waals surface area contributed by atoms with Crippen molar-refractivity contribution >= 4 is 28.2 Å². The lowest BCUT2D eigenvalue weighted by Crippen LogP contribution is -2.27. The maximum absolute atomic E-state index is 12.0. The van der Waals surface area contributed by atoms with Crippen LogP contribution in [-0.2, 0) is 6.54 Å². The number of carbonyl (C=O) groups is 1. The summed E-state index contributed by atoms with van der Waals surface area (Å²) in [7, 11) is 0. The molecule has 1 aromatic carbocycles. The Bertz CT molecular complexity index is 809. The molecular weight excluding hydrogens is 276 g/mol. The Morgan fingerprint density at radius 2 is 2.20 bits per heavy atom. The third-order valence-corrected chi connectivity index (χ3v) is 3.43. The molecular formula is C14H10N2O3S. The van der Waals surface area contributed by atoms with Gasteiger partial charge in [0.25, 0.3) is 5.91 Å². The van der Waals surface area contributed by atoms with E-state index in [9.17, 15) is 9.59 Å². The van der Waals surface area contributed by atoms with Gasteiger partial charge in [0.1, 0.15) is 11.1 Å². The fourth-order valence-corrected chi connectivity index (χ4v) is 2.37. The van der Waals surface area contributed by atoms with Crippen LogP contribution >= 0.6 is 11.3 Å². The first-order valence-electron chi connectivity index (χ1n) is 5.92. The van der Waals surface area contributed by atoms with E-state index in [-0.39, 0.29) is 12.1 Å². The molecule has 0 aliphatic heterocycles. The highest BCUT2D eigenvalue weighted by Crippen LogP contribution is 2.12. The Labute approximate surface area is 117 Å². The summed E-state index contributed by atoms with van der Waals surface area (Å²) in [5.74, 6) is -0.461. The number of thiazole rings is 1. The Morgan fingerprint density at radius 3 is 3.00 bits per heavy atom. The molecule has 1 N–H and O–H groups in total. The predicted molar refractivity (Wildman–Crippen MR) is 75.8 cm³/mol. The number of carbonyl (C=O) groups excluding carboxylic acids is 1. The molecule has 1 amide bonds. The number of nitrogens with zero attached hydrogens (tertiary/aromatic N) is 1. The number of amides is 1. The van der Waals surface area contributed by atoms with Crippen molar-refractivity contribution in [2.24, 2.45) is 0 Å². The van der Waals surface area contributed by atoms with Gasteiger partial charge in [-0.3, -0.25) is 4.79 Å². The molecule has 3 rings (SSSR count). The molecule has 0 radical (unpaired) electrons. The van der Waals surface area contributed by atoms with Gasteiger partial charge >= 0.3 is 5.63 Å². The van der Waals surface area contributed by atoms with Crippen LogP contribution in [0.15, 0.2) is 50.4 Å². The zero-order valence-electron chi connectivity index (χ0n) is 10.3. The summed E-state index contributed by atoms with van der Waals surface area (Å²) in [5.41, 5.74) is 2.27. The third-order valence-electron chi connectivity index (χ3n) is 2.80. The van der Waals surface area contributed by atoms with E-state index in [1.165, 1.54) is 17.4 Å². The van der Waals surface area contributed by atoms with Crippen LogP contribution < -0.4 is 10.9 Å². The second kappa shape index (κ2) is 5.26. The summed E-state index contributed by atoms with van der Waals surface area (Å²) in [6.45, 7) is 0.286. The van der Waals surface area contributed by atoms with Gasteiger partial charge in [-0.1, -0.05) is 18.2 Å². The number of aromatic nitrogens is 1. The first-order valence-corrected chi connectivity index (χ1v) is 6.86. The minimum absolute atomic E-state index is 0.000991. The van der Waals surface area contributed by atoms with Gasteiger partial charge in [0.05, 0.1) is 17.7 Å². The van der Waals surface area contributed by atoms with Crippen LogP contribution in [0.1, 0.15) is 16.1 Å². The van der Waals surface area contributed by atoms with E-state index in [0.717, 1.165) is 5.69 Å². The topological polar surface area (TPSA) is 72.2 Å². The lowest BCUT2D eigenvalue weighted by molar-refractivity contribution is 0.0947. The van der Waals surface area contributed by atoms with E-state index < -0.39 is 11.5 Å². The van der Waals surface area contributed by atoms with E-state index in [1.807, 2.05) is 11.4 Å². The van der Waals surface area contributed by atoms with E-state index in [0.29, 0.717) is 11.0 Å². The Morgan fingerprint density at radius 1 is 1.35 bits per heavy atom. The molecule has 5 nitrogen and oxygen atoms in total. The number of nitrogens with one attached hydrogen (secondary N) is 1. The number of benzene rings is 1. The van der Waals surface area contributed by atoms with Crippen LogP contribution in [0.5, 0.6) is 0 Å². The van der Waals surface area contributed by atoms with Crippen LogP contribution in [0.3, 0.4) is 0 Å². The normalized spacial score (nSPS) is 10.6. The molecule has 0 fully saturated rings. The molecule has 0 aliphatic rings. The van der Waals surface area contributed by atoms with Gasteiger partial charge in [-0.05, 0) is 12.1 Å². The number of para-hydroxylation sites is 1. The first-order chi connectivity index (χ1) is 9.74. The zero-order chi connectivity index (χ0) is 13.9. The second-order valence-corrected chi connectivity index (χ2v) is 4.87. The molecule has 6 heteroatoms. The van der Waals surface area contributed by atoms with Crippen LogP contribution in [0.2, 0.25) is 0 Å². The average molecular weight is 286 g/mol. The number of rotatable bonds is 3. The molecule has 0 spiro atoms. The Hall–Kier alpha value is -2.47. The van der Waals surface area contributed by atoms with Gasteiger partial charge in [0, 0.05) is 10.8 Å². The van der Waals surface area contributed by atoms with Crippen molar-refractivity contribution in [3.8, 4) is 0 Å². The van der Waals surface area contributed by atoms with Crippen molar-refractivity contribution < 1.29 is 9.21 Å².